The number of hydrogen-bond acceptors (Lipinski definition) is 3. The molecule has 0 fully saturated rings. The topological polar surface area (TPSA) is 52.3 Å². The first-order chi connectivity index (χ1) is 5.70. The predicted octanol–water partition coefficient (Wildman–Crippen LogP) is 1.46. The summed E-state index contributed by atoms with van der Waals surface area (Å²) in [4.78, 5) is 11.0. The van der Waals surface area contributed by atoms with Crippen LogP contribution in [-0.2, 0) is 9.53 Å². The number of unbranched alkanes of at least 4 members (excludes halogenated alkanes) is 1. The molecule has 0 rings (SSSR count). The molecular weight excluding hydrogens is 154 g/mol. The molecule has 1 atom stereocenters. The molecule has 3 nitrogen and oxygen atoms in total. The van der Waals surface area contributed by atoms with Crippen LogP contribution in [0.1, 0.15) is 39.5 Å². The Morgan fingerprint density at radius 2 is 2.17 bits per heavy atom. The monoisotopic (exact) mass is 173 g/mol. The Balaban J connectivity index is 3.33. The van der Waals surface area contributed by atoms with Gasteiger partial charge in [-0.25, -0.2) is 0 Å². The zero-order valence-electron chi connectivity index (χ0n) is 8.01. The number of esters is 1. The van der Waals surface area contributed by atoms with E-state index in [1.54, 1.807) is 0 Å². The molecule has 0 spiro atoms. The molecule has 0 amide bonds. The van der Waals surface area contributed by atoms with Crippen LogP contribution in [0.3, 0.4) is 0 Å². The van der Waals surface area contributed by atoms with Crippen molar-refractivity contribution >= 4 is 5.97 Å². The first-order valence-corrected chi connectivity index (χ1v) is 4.61. The molecule has 0 aromatic heterocycles. The quantitative estimate of drug-likeness (QED) is 0.488. The Bertz CT molecular complexity index is 126. The van der Waals surface area contributed by atoms with Gasteiger partial charge in [-0.15, -0.1) is 0 Å². The van der Waals surface area contributed by atoms with Gasteiger partial charge in [0.2, 0.25) is 0 Å². The van der Waals surface area contributed by atoms with Gasteiger partial charge in [0.15, 0.2) is 0 Å². The summed E-state index contributed by atoms with van der Waals surface area (Å²) in [6.45, 7) is 4.56. The van der Waals surface area contributed by atoms with E-state index in [2.05, 4.69) is 6.92 Å². The Hall–Kier alpha value is -0.570. The van der Waals surface area contributed by atoms with E-state index < -0.39 is 0 Å². The molecule has 0 saturated carbocycles. The van der Waals surface area contributed by atoms with Crippen molar-refractivity contribution in [2.45, 2.75) is 45.6 Å². The van der Waals surface area contributed by atoms with Crippen LogP contribution >= 0.6 is 0 Å². The van der Waals surface area contributed by atoms with Crippen LogP contribution in [0, 0.1) is 0 Å². The maximum atomic E-state index is 11.0. The molecule has 3 heteroatoms. The van der Waals surface area contributed by atoms with Crippen molar-refractivity contribution in [3.8, 4) is 0 Å². The van der Waals surface area contributed by atoms with Crippen LogP contribution in [0.2, 0.25) is 0 Å². The maximum absolute atomic E-state index is 11.0. The molecule has 12 heavy (non-hydrogen) atoms. The number of nitrogens with two attached hydrogens (primary N) is 1. The number of ether oxygens (including phenoxy) is 1. The van der Waals surface area contributed by atoms with Crippen molar-refractivity contribution in [1.29, 1.82) is 0 Å². The van der Waals surface area contributed by atoms with Crippen molar-refractivity contribution in [3.63, 3.8) is 0 Å². The highest BCUT2D eigenvalue weighted by atomic mass is 16.5. The van der Waals surface area contributed by atoms with E-state index in [-0.39, 0.29) is 12.0 Å². The number of hydrogen-bond donors (Lipinski definition) is 1. The van der Waals surface area contributed by atoms with E-state index in [9.17, 15) is 4.79 Å². The molecule has 0 radical (unpaired) electrons. The maximum Gasteiger partial charge on any atom is 0.307 e. The lowest BCUT2D eigenvalue weighted by atomic mass is 10.2. The van der Waals surface area contributed by atoms with Gasteiger partial charge < -0.3 is 10.5 Å². The van der Waals surface area contributed by atoms with Crippen LogP contribution in [0.4, 0.5) is 0 Å². The number of carbonyl (C=O) groups is 1. The standard InChI is InChI=1S/C9H19NO2/c1-3-5-6-12-9(11)7-8(10)4-2/h8H,3-7,10H2,1-2H3/t8-/m1/s1. The summed E-state index contributed by atoms with van der Waals surface area (Å²) in [5, 5.41) is 0. The molecule has 0 aliphatic carbocycles. The summed E-state index contributed by atoms with van der Waals surface area (Å²) >= 11 is 0. The van der Waals surface area contributed by atoms with Crippen LogP contribution in [0.5, 0.6) is 0 Å². The molecule has 0 aliphatic heterocycles. The van der Waals surface area contributed by atoms with Crippen LogP contribution in [0.15, 0.2) is 0 Å². The molecule has 0 aromatic carbocycles. The van der Waals surface area contributed by atoms with Crippen molar-refractivity contribution in [2.24, 2.45) is 5.73 Å². The third-order valence-electron chi connectivity index (χ3n) is 1.71. The SMILES string of the molecule is CCCCOC(=O)C[C@H](N)CC. The van der Waals surface area contributed by atoms with Gasteiger partial charge >= 0.3 is 5.97 Å². The lowest BCUT2D eigenvalue weighted by Crippen LogP contribution is -2.24. The van der Waals surface area contributed by atoms with Crippen molar-refractivity contribution in [3.05, 3.63) is 0 Å². The summed E-state index contributed by atoms with van der Waals surface area (Å²) in [5.74, 6) is -0.169. The minimum Gasteiger partial charge on any atom is -0.466 e. The number of carbonyl (C=O) groups excluding carboxylic acids is 1. The van der Waals surface area contributed by atoms with Gasteiger partial charge in [0.1, 0.15) is 0 Å². The second-order valence-corrected chi connectivity index (χ2v) is 2.95. The predicted molar refractivity (Wildman–Crippen MR) is 48.8 cm³/mol. The summed E-state index contributed by atoms with van der Waals surface area (Å²) in [7, 11) is 0. The first kappa shape index (κ1) is 11.4. The highest BCUT2D eigenvalue weighted by molar-refractivity contribution is 5.70. The fourth-order valence-electron chi connectivity index (χ4n) is 0.748. The molecule has 72 valence electrons. The van der Waals surface area contributed by atoms with E-state index in [0.717, 1.165) is 19.3 Å². The van der Waals surface area contributed by atoms with Gasteiger partial charge in [-0.1, -0.05) is 20.3 Å². The summed E-state index contributed by atoms with van der Waals surface area (Å²) in [5.41, 5.74) is 5.58. The molecule has 0 aromatic rings. The Morgan fingerprint density at radius 3 is 2.67 bits per heavy atom. The third-order valence-corrected chi connectivity index (χ3v) is 1.71. The van der Waals surface area contributed by atoms with E-state index in [1.165, 1.54) is 0 Å². The lowest BCUT2D eigenvalue weighted by Gasteiger charge is -2.07. The second-order valence-electron chi connectivity index (χ2n) is 2.95. The summed E-state index contributed by atoms with van der Waals surface area (Å²) in [6.07, 6.45) is 3.16. The van der Waals surface area contributed by atoms with Gasteiger partial charge in [-0.05, 0) is 12.8 Å². The zero-order valence-corrected chi connectivity index (χ0v) is 8.01. The summed E-state index contributed by atoms with van der Waals surface area (Å²) < 4.78 is 4.94. The molecular formula is C9H19NO2. The van der Waals surface area contributed by atoms with Gasteiger partial charge in [-0.2, -0.15) is 0 Å². The molecule has 2 N–H and O–H groups in total. The van der Waals surface area contributed by atoms with Crippen LogP contribution < -0.4 is 5.73 Å². The van der Waals surface area contributed by atoms with Gasteiger partial charge in [0, 0.05) is 6.04 Å². The highest BCUT2D eigenvalue weighted by Crippen LogP contribution is 1.97. The average molecular weight is 173 g/mol. The van der Waals surface area contributed by atoms with Crippen LogP contribution in [0.25, 0.3) is 0 Å². The van der Waals surface area contributed by atoms with Crippen molar-refractivity contribution in [1.82, 2.24) is 0 Å². The zero-order chi connectivity index (χ0) is 9.40. The first-order valence-electron chi connectivity index (χ1n) is 4.61. The Labute approximate surface area is 74.3 Å². The van der Waals surface area contributed by atoms with Crippen LogP contribution in [-0.4, -0.2) is 18.6 Å². The molecule has 0 saturated heterocycles. The van der Waals surface area contributed by atoms with E-state index in [0.29, 0.717) is 13.0 Å². The Morgan fingerprint density at radius 1 is 1.50 bits per heavy atom. The highest BCUT2D eigenvalue weighted by Gasteiger charge is 2.07. The van der Waals surface area contributed by atoms with E-state index >= 15 is 0 Å². The second kappa shape index (κ2) is 7.10. The smallest absolute Gasteiger partial charge is 0.307 e. The molecule has 0 aliphatic rings. The van der Waals surface area contributed by atoms with Gasteiger partial charge in [0.25, 0.3) is 0 Å². The number of rotatable bonds is 6. The van der Waals surface area contributed by atoms with Gasteiger partial charge in [-0.3, -0.25) is 4.79 Å². The van der Waals surface area contributed by atoms with E-state index in [4.69, 9.17) is 10.5 Å². The minimum atomic E-state index is -0.169. The van der Waals surface area contributed by atoms with Gasteiger partial charge in [0.05, 0.1) is 13.0 Å². The van der Waals surface area contributed by atoms with E-state index in [1.807, 2.05) is 6.92 Å². The fraction of sp³-hybridized carbons (Fsp3) is 0.889. The Kier molecular flexibility index (Phi) is 6.76. The van der Waals surface area contributed by atoms with Crippen molar-refractivity contribution in [2.75, 3.05) is 6.61 Å². The largest absolute Gasteiger partial charge is 0.466 e. The minimum absolute atomic E-state index is 0.0425. The molecule has 0 heterocycles. The third kappa shape index (κ3) is 6.16. The molecule has 0 unspecified atom stereocenters. The van der Waals surface area contributed by atoms with Crippen molar-refractivity contribution < 1.29 is 9.53 Å². The normalized spacial score (nSPS) is 12.6. The summed E-state index contributed by atoms with van der Waals surface area (Å²) in [6, 6.07) is -0.0425. The lowest BCUT2D eigenvalue weighted by molar-refractivity contribution is -0.144. The molecule has 0 bridgehead atoms. The fourth-order valence-corrected chi connectivity index (χ4v) is 0.748. The average Bonchev–Trinajstić information content (AvgIpc) is 2.05.